The van der Waals surface area contributed by atoms with Crippen LogP contribution in [0.25, 0.3) is 0 Å². The highest BCUT2D eigenvalue weighted by Crippen LogP contribution is 2.21. The minimum absolute atomic E-state index is 0.0159. The Hall–Kier alpha value is -1.95. The summed E-state index contributed by atoms with van der Waals surface area (Å²) in [6, 6.07) is 11.3. The summed E-state index contributed by atoms with van der Waals surface area (Å²) < 4.78 is 19.4. The van der Waals surface area contributed by atoms with E-state index in [1.54, 1.807) is 12.1 Å². The van der Waals surface area contributed by atoms with Crippen molar-refractivity contribution in [1.29, 1.82) is 0 Å². The lowest BCUT2D eigenvalue weighted by Gasteiger charge is -2.24. The molecule has 1 saturated heterocycles. The SMILES string of the molecule is O=C(Nc1ccc([C@@H]2CNCCO2)cc1)c1ccc(Cl)cc1F. The molecule has 0 bridgehead atoms. The zero-order chi connectivity index (χ0) is 16.2. The Labute approximate surface area is 138 Å². The van der Waals surface area contributed by atoms with Gasteiger partial charge >= 0.3 is 0 Å². The first-order valence-corrected chi connectivity index (χ1v) is 7.70. The number of rotatable bonds is 3. The number of ether oxygens (including phenoxy) is 1. The number of halogens is 2. The smallest absolute Gasteiger partial charge is 0.258 e. The van der Waals surface area contributed by atoms with E-state index in [0.29, 0.717) is 12.3 Å². The van der Waals surface area contributed by atoms with Crippen LogP contribution in [0.5, 0.6) is 0 Å². The van der Waals surface area contributed by atoms with Crippen molar-refractivity contribution >= 4 is 23.2 Å². The molecule has 1 aliphatic rings. The zero-order valence-electron chi connectivity index (χ0n) is 12.3. The average molecular weight is 335 g/mol. The van der Waals surface area contributed by atoms with Crippen molar-refractivity contribution in [3.63, 3.8) is 0 Å². The first-order valence-electron chi connectivity index (χ1n) is 7.32. The Morgan fingerprint density at radius 3 is 2.70 bits per heavy atom. The first-order chi connectivity index (χ1) is 11.1. The lowest BCUT2D eigenvalue weighted by molar-refractivity contribution is 0.0277. The standard InChI is InChI=1S/C17H16ClFN2O2/c18-12-3-6-14(15(19)9-12)17(22)21-13-4-1-11(2-5-13)16-10-20-7-8-23-16/h1-6,9,16,20H,7-8,10H2,(H,21,22)/t16-/m0/s1. The molecule has 1 aliphatic heterocycles. The molecule has 6 heteroatoms. The van der Waals surface area contributed by atoms with E-state index in [2.05, 4.69) is 10.6 Å². The molecule has 2 N–H and O–H groups in total. The van der Waals surface area contributed by atoms with Gasteiger partial charge in [-0.1, -0.05) is 23.7 Å². The van der Waals surface area contributed by atoms with Gasteiger partial charge in [0.15, 0.2) is 0 Å². The number of anilines is 1. The van der Waals surface area contributed by atoms with Crippen molar-refractivity contribution in [2.75, 3.05) is 25.0 Å². The number of hydrogen-bond donors (Lipinski definition) is 2. The zero-order valence-corrected chi connectivity index (χ0v) is 13.1. The Bertz CT molecular complexity index is 700. The van der Waals surface area contributed by atoms with Crippen LogP contribution in [0.15, 0.2) is 42.5 Å². The summed E-state index contributed by atoms with van der Waals surface area (Å²) in [5.41, 5.74) is 1.59. The average Bonchev–Trinajstić information content (AvgIpc) is 2.56. The van der Waals surface area contributed by atoms with Crippen LogP contribution in [0.2, 0.25) is 5.02 Å². The third kappa shape index (κ3) is 3.88. The number of amides is 1. The molecular formula is C17H16ClFN2O2. The van der Waals surface area contributed by atoms with E-state index in [1.807, 2.05) is 12.1 Å². The molecule has 0 aliphatic carbocycles. The van der Waals surface area contributed by atoms with E-state index >= 15 is 0 Å². The van der Waals surface area contributed by atoms with Crippen LogP contribution in [0.4, 0.5) is 10.1 Å². The predicted octanol–water partition coefficient (Wildman–Crippen LogP) is 3.39. The summed E-state index contributed by atoms with van der Waals surface area (Å²) in [6.45, 7) is 2.30. The topological polar surface area (TPSA) is 50.4 Å². The molecule has 2 aromatic rings. The second-order valence-electron chi connectivity index (χ2n) is 5.26. The van der Waals surface area contributed by atoms with Crippen LogP contribution < -0.4 is 10.6 Å². The summed E-state index contributed by atoms with van der Waals surface area (Å²) in [4.78, 5) is 12.1. The molecular weight excluding hydrogens is 319 g/mol. The molecule has 0 saturated carbocycles. The second kappa shape index (κ2) is 7.08. The van der Waals surface area contributed by atoms with Gasteiger partial charge in [0.2, 0.25) is 0 Å². The van der Waals surface area contributed by atoms with Gasteiger partial charge in [-0.2, -0.15) is 0 Å². The minimum atomic E-state index is -0.645. The van der Waals surface area contributed by atoms with E-state index in [9.17, 15) is 9.18 Å². The number of carbonyl (C=O) groups excluding carboxylic acids is 1. The fraction of sp³-hybridized carbons (Fsp3) is 0.235. The summed E-state index contributed by atoms with van der Waals surface area (Å²) in [5.74, 6) is -1.16. The van der Waals surface area contributed by atoms with E-state index in [-0.39, 0.29) is 16.7 Å². The van der Waals surface area contributed by atoms with Crippen LogP contribution in [0, 0.1) is 5.82 Å². The van der Waals surface area contributed by atoms with Gasteiger partial charge in [0.1, 0.15) is 5.82 Å². The largest absolute Gasteiger partial charge is 0.371 e. The van der Waals surface area contributed by atoms with Crippen molar-refractivity contribution in [3.8, 4) is 0 Å². The Morgan fingerprint density at radius 1 is 1.26 bits per heavy atom. The Balaban J connectivity index is 1.69. The van der Waals surface area contributed by atoms with Crippen LogP contribution in [-0.4, -0.2) is 25.6 Å². The number of hydrogen-bond acceptors (Lipinski definition) is 3. The molecule has 23 heavy (non-hydrogen) atoms. The van der Waals surface area contributed by atoms with E-state index in [1.165, 1.54) is 12.1 Å². The number of morpholine rings is 1. The van der Waals surface area contributed by atoms with Gasteiger partial charge < -0.3 is 15.4 Å². The molecule has 0 spiro atoms. The number of benzene rings is 2. The van der Waals surface area contributed by atoms with E-state index in [4.69, 9.17) is 16.3 Å². The first kappa shape index (κ1) is 15.9. The Morgan fingerprint density at radius 2 is 2.04 bits per heavy atom. The maximum atomic E-state index is 13.7. The van der Waals surface area contributed by atoms with Gasteiger partial charge in [0.25, 0.3) is 5.91 Å². The highest BCUT2D eigenvalue weighted by Gasteiger charge is 2.16. The summed E-state index contributed by atoms with van der Waals surface area (Å²) in [7, 11) is 0. The van der Waals surface area contributed by atoms with E-state index in [0.717, 1.165) is 24.7 Å². The van der Waals surface area contributed by atoms with Crippen molar-refractivity contribution in [2.24, 2.45) is 0 Å². The van der Waals surface area contributed by atoms with Crippen molar-refractivity contribution < 1.29 is 13.9 Å². The number of nitrogens with one attached hydrogen (secondary N) is 2. The van der Waals surface area contributed by atoms with Crippen molar-refractivity contribution in [3.05, 3.63) is 64.4 Å². The van der Waals surface area contributed by atoms with Gasteiger partial charge in [-0.05, 0) is 35.9 Å². The Kier molecular flexibility index (Phi) is 4.91. The highest BCUT2D eigenvalue weighted by molar-refractivity contribution is 6.30. The predicted molar refractivity (Wildman–Crippen MR) is 87.4 cm³/mol. The third-order valence-electron chi connectivity index (χ3n) is 3.64. The second-order valence-corrected chi connectivity index (χ2v) is 5.70. The molecule has 0 radical (unpaired) electrons. The molecule has 3 rings (SSSR count). The van der Waals surface area contributed by atoms with Crippen molar-refractivity contribution in [1.82, 2.24) is 5.32 Å². The van der Waals surface area contributed by atoms with Gasteiger partial charge in [-0.25, -0.2) is 4.39 Å². The molecule has 4 nitrogen and oxygen atoms in total. The van der Waals surface area contributed by atoms with Crippen molar-refractivity contribution in [2.45, 2.75) is 6.10 Å². The lowest BCUT2D eigenvalue weighted by Crippen LogP contribution is -2.33. The quantitative estimate of drug-likeness (QED) is 0.904. The fourth-order valence-electron chi connectivity index (χ4n) is 2.43. The van der Waals surface area contributed by atoms with Crippen LogP contribution in [0.1, 0.15) is 22.0 Å². The van der Waals surface area contributed by atoms with Gasteiger partial charge in [0.05, 0.1) is 18.3 Å². The third-order valence-corrected chi connectivity index (χ3v) is 3.88. The maximum Gasteiger partial charge on any atom is 0.258 e. The van der Waals surface area contributed by atoms with Crippen LogP contribution in [0.3, 0.4) is 0 Å². The molecule has 1 fully saturated rings. The molecule has 0 aromatic heterocycles. The van der Waals surface area contributed by atoms with Crippen LogP contribution >= 0.6 is 11.6 Å². The minimum Gasteiger partial charge on any atom is -0.371 e. The molecule has 1 heterocycles. The molecule has 2 aromatic carbocycles. The van der Waals surface area contributed by atoms with Gasteiger partial charge in [-0.15, -0.1) is 0 Å². The van der Waals surface area contributed by atoms with Gasteiger partial charge in [0, 0.05) is 23.8 Å². The normalized spacial score (nSPS) is 17.7. The molecule has 0 unspecified atom stereocenters. The molecule has 1 amide bonds. The highest BCUT2D eigenvalue weighted by atomic mass is 35.5. The lowest BCUT2D eigenvalue weighted by atomic mass is 10.1. The van der Waals surface area contributed by atoms with Gasteiger partial charge in [-0.3, -0.25) is 4.79 Å². The summed E-state index contributed by atoms with van der Waals surface area (Å²) in [6.07, 6.45) is 0.0159. The fourth-order valence-corrected chi connectivity index (χ4v) is 2.59. The molecule has 120 valence electrons. The summed E-state index contributed by atoms with van der Waals surface area (Å²) in [5, 5.41) is 6.19. The number of carbonyl (C=O) groups is 1. The summed E-state index contributed by atoms with van der Waals surface area (Å²) >= 11 is 5.68. The maximum absolute atomic E-state index is 13.7. The van der Waals surface area contributed by atoms with E-state index < -0.39 is 11.7 Å². The molecule has 1 atom stereocenters. The monoisotopic (exact) mass is 334 g/mol. The van der Waals surface area contributed by atoms with Crippen LogP contribution in [-0.2, 0) is 4.74 Å².